The van der Waals surface area contributed by atoms with E-state index in [9.17, 15) is 5.11 Å². The molecule has 0 aliphatic rings. The molecule has 0 unspecified atom stereocenters. The van der Waals surface area contributed by atoms with Crippen molar-refractivity contribution in [2.45, 2.75) is 18.8 Å². The van der Waals surface area contributed by atoms with Crippen molar-refractivity contribution in [2.75, 3.05) is 49.3 Å². The summed E-state index contributed by atoms with van der Waals surface area (Å²) in [5.41, 5.74) is 0. The maximum absolute atomic E-state index is 10.6. The minimum Gasteiger partial charge on any atom is -0.396 e. The fourth-order valence-corrected chi connectivity index (χ4v) is 4.22. The van der Waals surface area contributed by atoms with Crippen LogP contribution < -0.4 is 0 Å². The molecule has 0 aliphatic carbocycles. The molecule has 0 amide bonds. The number of aliphatic hydroxyl groups excluding tert-OH is 1. The van der Waals surface area contributed by atoms with Gasteiger partial charge >= 0.3 is 18.1 Å². The van der Waals surface area contributed by atoms with E-state index in [0.29, 0.717) is 0 Å². The van der Waals surface area contributed by atoms with Crippen molar-refractivity contribution in [1.82, 2.24) is 0 Å². The number of rotatable bonds is 13. The van der Waals surface area contributed by atoms with E-state index in [4.69, 9.17) is 40.5 Å². The van der Waals surface area contributed by atoms with Crippen molar-refractivity contribution in [3.05, 3.63) is 0 Å². The van der Waals surface area contributed by atoms with Gasteiger partial charge in [-0.15, -0.1) is 0 Å². The topological polar surface area (TPSA) is 114 Å². The third-order valence-corrected chi connectivity index (χ3v) is 6.86. The minimum atomic E-state index is -3.64. The molecule has 134 valence electrons. The van der Waals surface area contributed by atoms with E-state index in [1.54, 1.807) is 0 Å². The fraction of sp³-hybridized carbons (Fsp3) is 1.00. The van der Waals surface area contributed by atoms with E-state index in [-0.39, 0.29) is 19.4 Å². The maximum atomic E-state index is 10.6. The van der Waals surface area contributed by atoms with Gasteiger partial charge in [-0.25, -0.2) is 0 Å². The summed E-state index contributed by atoms with van der Waals surface area (Å²) in [4.78, 5) is 0. The Balaban J connectivity index is 5.37. The molecule has 0 spiro atoms. The second-order valence-corrected chi connectivity index (χ2v) is 8.83. The largest absolute Gasteiger partial charge is 0.682 e. The summed E-state index contributed by atoms with van der Waals surface area (Å²) in [6.07, 6.45) is 0.0406. The van der Waals surface area contributed by atoms with Crippen LogP contribution in [0, 0.1) is 0 Å². The molecule has 10 nitrogen and oxygen atoms in total. The first-order valence-corrected chi connectivity index (χ1v) is 9.65. The number of hydrogen-bond acceptors (Lipinski definition) is 10. The number of hydrogen-bond donors (Lipinski definition) is 2. The fourth-order valence-electron chi connectivity index (χ4n) is 1.57. The standard InChI is InChI=1S/C10H26O10Si2/c1-13-21(14-2,15-3)19-10(12,8-7-9-11)20-22(16-4,17-5)18-6/h11-12H,7-9H2,1-6H3. The zero-order valence-electron chi connectivity index (χ0n) is 13.8. The molecule has 0 bridgehead atoms. The molecule has 2 N–H and O–H groups in total. The quantitative estimate of drug-likeness (QED) is 0.318. The first kappa shape index (κ1) is 22.0. The molecule has 0 aromatic heterocycles. The first-order chi connectivity index (χ1) is 10.3. The second kappa shape index (κ2) is 10.0. The monoisotopic (exact) mass is 362 g/mol. The molecule has 0 aliphatic heterocycles. The predicted octanol–water partition coefficient (Wildman–Crippen LogP) is -0.812. The third-order valence-electron chi connectivity index (χ3n) is 2.72. The Labute approximate surface area is 132 Å². The lowest BCUT2D eigenvalue weighted by atomic mass is 10.3. The van der Waals surface area contributed by atoms with E-state index in [1.807, 2.05) is 0 Å². The van der Waals surface area contributed by atoms with Crippen molar-refractivity contribution < 1.29 is 45.6 Å². The molecule has 0 atom stereocenters. The highest BCUT2D eigenvalue weighted by molar-refractivity contribution is 6.54. The van der Waals surface area contributed by atoms with Gasteiger partial charge in [0.2, 0.25) is 0 Å². The summed E-state index contributed by atoms with van der Waals surface area (Å²) in [6, 6.07) is 0. The smallest absolute Gasteiger partial charge is 0.396 e. The number of aliphatic hydroxyl groups is 2. The average molecular weight is 362 g/mol. The van der Waals surface area contributed by atoms with Crippen molar-refractivity contribution in [1.29, 1.82) is 0 Å². The molecule has 0 fully saturated rings. The Kier molecular flexibility index (Phi) is 10.0. The molecule has 0 aromatic carbocycles. The lowest BCUT2D eigenvalue weighted by Gasteiger charge is -2.37. The van der Waals surface area contributed by atoms with Crippen LogP contribution in [0.15, 0.2) is 0 Å². The molecule has 0 radical (unpaired) electrons. The van der Waals surface area contributed by atoms with Gasteiger partial charge in [-0.05, 0) is 6.42 Å². The lowest BCUT2D eigenvalue weighted by molar-refractivity contribution is -0.331. The van der Waals surface area contributed by atoms with Crippen LogP contribution in [0.3, 0.4) is 0 Å². The van der Waals surface area contributed by atoms with Gasteiger partial charge in [0.15, 0.2) is 0 Å². The molecular formula is C10H26O10Si2. The highest BCUT2D eigenvalue weighted by Crippen LogP contribution is 2.28. The Morgan fingerprint density at radius 1 is 0.727 bits per heavy atom. The summed E-state index contributed by atoms with van der Waals surface area (Å²) < 4.78 is 41.4. The van der Waals surface area contributed by atoms with Gasteiger partial charge in [0.25, 0.3) is 5.97 Å². The molecule has 0 heterocycles. The summed E-state index contributed by atoms with van der Waals surface area (Å²) in [6.45, 7) is -0.196. The van der Waals surface area contributed by atoms with Crippen LogP contribution in [0.1, 0.15) is 12.8 Å². The summed E-state index contributed by atoms with van der Waals surface area (Å²) in [5, 5.41) is 19.6. The summed E-state index contributed by atoms with van der Waals surface area (Å²) >= 11 is 0. The predicted molar refractivity (Wildman–Crippen MR) is 77.0 cm³/mol. The van der Waals surface area contributed by atoms with Gasteiger partial charge in [0, 0.05) is 55.7 Å². The maximum Gasteiger partial charge on any atom is 0.682 e. The van der Waals surface area contributed by atoms with E-state index < -0.39 is 24.1 Å². The van der Waals surface area contributed by atoms with E-state index in [1.165, 1.54) is 42.7 Å². The van der Waals surface area contributed by atoms with E-state index >= 15 is 0 Å². The molecular weight excluding hydrogens is 336 g/mol. The van der Waals surface area contributed by atoms with Gasteiger partial charge < -0.3 is 36.8 Å². The Morgan fingerprint density at radius 3 is 1.27 bits per heavy atom. The second-order valence-electron chi connectivity index (χ2n) is 3.97. The Morgan fingerprint density at radius 2 is 1.05 bits per heavy atom. The molecule has 22 heavy (non-hydrogen) atoms. The van der Waals surface area contributed by atoms with Crippen LogP contribution in [0.2, 0.25) is 0 Å². The van der Waals surface area contributed by atoms with Gasteiger partial charge in [0.1, 0.15) is 0 Å². The highest BCUT2D eigenvalue weighted by Gasteiger charge is 2.57. The third kappa shape index (κ3) is 5.91. The summed E-state index contributed by atoms with van der Waals surface area (Å²) in [7, 11) is 0.545. The molecule has 0 rings (SSSR count). The molecule has 0 saturated heterocycles. The van der Waals surface area contributed by atoms with Crippen LogP contribution in [0.25, 0.3) is 0 Å². The van der Waals surface area contributed by atoms with Gasteiger partial charge in [0.05, 0.1) is 0 Å². The van der Waals surface area contributed by atoms with Crippen molar-refractivity contribution >= 4 is 18.1 Å². The van der Waals surface area contributed by atoms with Crippen molar-refractivity contribution in [3.63, 3.8) is 0 Å². The van der Waals surface area contributed by atoms with Crippen LogP contribution in [0.4, 0.5) is 0 Å². The minimum absolute atomic E-state index is 0.126. The van der Waals surface area contributed by atoms with E-state index in [2.05, 4.69) is 0 Å². The lowest BCUT2D eigenvalue weighted by Crippen LogP contribution is -2.60. The zero-order chi connectivity index (χ0) is 17.3. The Hall–Kier alpha value is 0.0338. The highest BCUT2D eigenvalue weighted by atomic mass is 28.4. The van der Waals surface area contributed by atoms with Crippen LogP contribution in [0.5, 0.6) is 0 Å². The Bertz CT molecular complexity index is 259. The van der Waals surface area contributed by atoms with Gasteiger partial charge in [-0.1, -0.05) is 0 Å². The van der Waals surface area contributed by atoms with Crippen molar-refractivity contribution in [2.24, 2.45) is 0 Å². The van der Waals surface area contributed by atoms with E-state index in [0.717, 1.165) is 0 Å². The molecule has 0 aromatic rings. The zero-order valence-corrected chi connectivity index (χ0v) is 15.8. The van der Waals surface area contributed by atoms with Gasteiger partial charge in [-0.3, -0.25) is 8.85 Å². The van der Waals surface area contributed by atoms with Crippen molar-refractivity contribution in [3.8, 4) is 0 Å². The van der Waals surface area contributed by atoms with Gasteiger partial charge in [-0.2, -0.15) is 0 Å². The SMILES string of the molecule is CO[Si](OC)(OC)OC(O)(CCCO)O[Si](OC)(OC)OC. The average Bonchev–Trinajstić information content (AvgIpc) is 2.56. The first-order valence-electron chi connectivity index (χ1n) is 6.38. The van der Waals surface area contributed by atoms with Crippen LogP contribution in [-0.4, -0.2) is 83.5 Å². The van der Waals surface area contributed by atoms with Crippen LogP contribution in [-0.2, 0) is 35.4 Å². The summed E-state index contributed by atoms with van der Waals surface area (Å²) in [5.74, 6) is -2.26. The normalized spacial score (nSPS) is 13.6. The van der Waals surface area contributed by atoms with Crippen LogP contribution >= 0.6 is 0 Å². The molecule has 12 heteroatoms. The molecule has 0 saturated carbocycles.